The number of H-pyrrole nitrogens is 1. The first-order chi connectivity index (χ1) is 15.5. The van der Waals surface area contributed by atoms with Crippen LogP contribution in [-0.2, 0) is 17.8 Å². The largest absolute Gasteiger partial charge is 0.497 e. The van der Waals surface area contributed by atoms with Gasteiger partial charge in [-0.15, -0.1) is 0 Å². The van der Waals surface area contributed by atoms with Gasteiger partial charge >= 0.3 is 0 Å². The first-order valence-corrected chi connectivity index (χ1v) is 10.7. The van der Waals surface area contributed by atoms with Crippen molar-refractivity contribution in [1.82, 2.24) is 15.3 Å². The molecule has 4 rings (SSSR count). The summed E-state index contributed by atoms with van der Waals surface area (Å²) in [6, 6.07) is 20.1. The number of aryl methyl sites for hydroxylation is 1. The van der Waals surface area contributed by atoms with Crippen LogP contribution < -0.4 is 15.0 Å². The first kappa shape index (κ1) is 21.4. The lowest BCUT2D eigenvalue weighted by molar-refractivity contribution is -0.121. The molecule has 4 aromatic rings. The van der Waals surface area contributed by atoms with E-state index in [1.54, 1.807) is 13.3 Å². The zero-order chi connectivity index (χ0) is 22.5. The fourth-order valence-corrected chi connectivity index (χ4v) is 3.78. The number of carbonyl (C=O) groups excluding carboxylic acids is 1. The smallest absolute Gasteiger partial charge is 0.220 e. The van der Waals surface area contributed by atoms with Crippen molar-refractivity contribution in [2.24, 2.45) is 0 Å². The Morgan fingerprint density at radius 1 is 1.06 bits per heavy atom. The minimum absolute atomic E-state index is 0.0210. The zero-order valence-corrected chi connectivity index (χ0v) is 18.7. The van der Waals surface area contributed by atoms with Gasteiger partial charge in [0.1, 0.15) is 11.6 Å². The number of fused-ring (bicyclic) bond motifs is 1. The highest BCUT2D eigenvalue weighted by Crippen LogP contribution is 2.32. The fourth-order valence-electron chi connectivity index (χ4n) is 3.78. The van der Waals surface area contributed by atoms with Gasteiger partial charge in [-0.2, -0.15) is 0 Å². The van der Waals surface area contributed by atoms with Crippen molar-refractivity contribution in [3.8, 4) is 17.0 Å². The summed E-state index contributed by atoms with van der Waals surface area (Å²) in [6.45, 7) is 0.471. The molecule has 0 spiro atoms. The molecule has 32 heavy (non-hydrogen) atoms. The maximum absolute atomic E-state index is 12.6. The van der Waals surface area contributed by atoms with Crippen LogP contribution in [0.15, 0.2) is 66.9 Å². The van der Waals surface area contributed by atoms with E-state index in [0.29, 0.717) is 19.4 Å². The van der Waals surface area contributed by atoms with Gasteiger partial charge < -0.3 is 19.9 Å². The third-order valence-electron chi connectivity index (χ3n) is 5.55. The third-order valence-corrected chi connectivity index (χ3v) is 5.55. The number of hydrogen-bond acceptors (Lipinski definition) is 4. The van der Waals surface area contributed by atoms with Crippen LogP contribution in [0.2, 0.25) is 0 Å². The molecule has 0 radical (unpaired) electrons. The highest BCUT2D eigenvalue weighted by atomic mass is 16.5. The fraction of sp³-hybridized carbons (Fsp3) is 0.231. The number of nitrogens with one attached hydrogen (secondary N) is 2. The molecule has 0 fully saturated rings. The lowest BCUT2D eigenvalue weighted by atomic mass is 10.0. The molecule has 6 nitrogen and oxygen atoms in total. The van der Waals surface area contributed by atoms with Gasteiger partial charge in [0.05, 0.1) is 7.11 Å². The van der Waals surface area contributed by atoms with Crippen molar-refractivity contribution < 1.29 is 9.53 Å². The van der Waals surface area contributed by atoms with E-state index >= 15 is 0 Å². The molecule has 2 heterocycles. The Kier molecular flexibility index (Phi) is 6.40. The summed E-state index contributed by atoms with van der Waals surface area (Å²) < 4.78 is 5.28. The number of amides is 1. The normalized spacial score (nSPS) is 10.8. The van der Waals surface area contributed by atoms with Crippen LogP contribution in [0.1, 0.15) is 17.5 Å². The second kappa shape index (κ2) is 9.56. The Labute approximate surface area is 188 Å². The Hall–Kier alpha value is -3.80. The molecular weight excluding hydrogens is 400 g/mol. The Morgan fingerprint density at radius 3 is 2.53 bits per heavy atom. The molecule has 0 saturated carbocycles. The lowest BCUT2D eigenvalue weighted by Gasteiger charge is -2.11. The maximum Gasteiger partial charge on any atom is 0.220 e. The zero-order valence-electron chi connectivity index (χ0n) is 18.7. The summed E-state index contributed by atoms with van der Waals surface area (Å²) in [5, 5.41) is 4.16. The number of aromatic amines is 1. The molecule has 0 aliphatic rings. The average Bonchev–Trinajstić information content (AvgIpc) is 3.20. The van der Waals surface area contributed by atoms with Crippen molar-refractivity contribution in [3.05, 3.63) is 78.0 Å². The van der Waals surface area contributed by atoms with E-state index in [9.17, 15) is 4.79 Å². The van der Waals surface area contributed by atoms with Crippen molar-refractivity contribution in [1.29, 1.82) is 0 Å². The first-order valence-electron chi connectivity index (χ1n) is 10.7. The summed E-state index contributed by atoms with van der Waals surface area (Å²) in [5.74, 6) is 1.73. The second-order valence-corrected chi connectivity index (χ2v) is 7.95. The number of nitrogens with zero attached hydrogens (tertiary/aromatic N) is 2. The molecule has 1 amide bonds. The molecule has 0 aliphatic heterocycles. The van der Waals surface area contributed by atoms with Crippen LogP contribution in [0, 0.1) is 0 Å². The number of hydrogen-bond donors (Lipinski definition) is 2. The molecule has 2 aromatic carbocycles. The SMILES string of the molecule is COc1ccc(-c2[nH]c3ccccc3c2CCC(=O)NCc2ccc(N(C)C)nc2)cc1. The Morgan fingerprint density at radius 2 is 1.84 bits per heavy atom. The standard InChI is InChI=1S/C26H28N4O2/c1-30(2)24-14-8-18(16-27-24)17-28-25(31)15-13-22-21-6-4-5-7-23(21)29-26(22)19-9-11-20(32-3)12-10-19/h4-12,14,16,29H,13,15,17H2,1-3H3,(H,28,31). The van der Waals surface area contributed by atoms with Gasteiger partial charge in [0.25, 0.3) is 0 Å². The number of benzene rings is 2. The number of ether oxygens (including phenoxy) is 1. The van der Waals surface area contributed by atoms with Crippen molar-refractivity contribution in [2.45, 2.75) is 19.4 Å². The number of anilines is 1. The molecular formula is C26H28N4O2. The van der Waals surface area contributed by atoms with Crippen LogP contribution >= 0.6 is 0 Å². The molecule has 0 aliphatic carbocycles. The molecule has 6 heteroatoms. The van der Waals surface area contributed by atoms with Crippen LogP contribution in [0.5, 0.6) is 5.75 Å². The maximum atomic E-state index is 12.6. The van der Waals surface area contributed by atoms with Gasteiger partial charge in [-0.3, -0.25) is 4.79 Å². The molecule has 0 saturated heterocycles. The summed E-state index contributed by atoms with van der Waals surface area (Å²) in [6.07, 6.45) is 2.86. The molecule has 164 valence electrons. The Bertz CT molecular complexity index is 1190. The van der Waals surface area contributed by atoms with E-state index in [1.807, 2.05) is 67.5 Å². The summed E-state index contributed by atoms with van der Waals surface area (Å²) in [5.41, 5.74) is 5.32. The van der Waals surface area contributed by atoms with Crippen LogP contribution in [0.25, 0.3) is 22.2 Å². The Balaban J connectivity index is 1.46. The predicted octanol–water partition coefficient (Wildman–Crippen LogP) is 4.55. The highest BCUT2D eigenvalue weighted by molar-refractivity contribution is 5.91. The molecule has 2 aromatic heterocycles. The van der Waals surface area contributed by atoms with Gasteiger partial charge in [0.2, 0.25) is 5.91 Å². The number of carbonyl (C=O) groups is 1. The van der Waals surface area contributed by atoms with Crippen molar-refractivity contribution in [3.63, 3.8) is 0 Å². The van der Waals surface area contributed by atoms with E-state index in [-0.39, 0.29) is 5.91 Å². The molecule has 2 N–H and O–H groups in total. The molecule has 0 unspecified atom stereocenters. The number of aromatic nitrogens is 2. The van der Waals surface area contributed by atoms with E-state index in [1.165, 1.54) is 0 Å². The average molecular weight is 429 g/mol. The van der Waals surface area contributed by atoms with E-state index in [4.69, 9.17) is 4.74 Å². The van der Waals surface area contributed by atoms with E-state index < -0.39 is 0 Å². The summed E-state index contributed by atoms with van der Waals surface area (Å²) >= 11 is 0. The van der Waals surface area contributed by atoms with Crippen LogP contribution in [0.4, 0.5) is 5.82 Å². The van der Waals surface area contributed by atoms with Crippen molar-refractivity contribution >= 4 is 22.6 Å². The van der Waals surface area contributed by atoms with Crippen LogP contribution in [-0.4, -0.2) is 37.1 Å². The molecule has 0 bridgehead atoms. The van der Waals surface area contributed by atoms with Crippen LogP contribution in [0.3, 0.4) is 0 Å². The topological polar surface area (TPSA) is 70.2 Å². The van der Waals surface area contributed by atoms with Gasteiger partial charge in [0, 0.05) is 49.9 Å². The number of methoxy groups -OCH3 is 1. The monoisotopic (exact) mass is 428 g/mol. The second-order valence-electron chi connectivity index (χ2n) is 7.95. The van der Waals surface area contributed by atoms with E-state index in [0.717, 1.165) is 44.9 Å². The van der Waals surface area contributed by atoms with E-state index in [2.05, 4.69) is 27.4 Å². The summed E-state index contributed by atoms with van der Waals surface area (Å²) in [7, 11) is 5.57. The molecule has 0 atom stereocenters. The number of rotatable bonds is 8. The van der Waals surface area contributed by atoms with Gasteiger partial charge in [-0.05, 0) is 59.5 Å². The predicted molar refractivity (Wildman–Crippen MR) is 129 cm³/mol. The lowest BCUT2D eigenvalue weighted by Crippen LogP contribution is -2.23. The highest BCUT2D eigenvalue weighted by Gasteiger charge is 2.14. The number of pyridine rings is 1. The quantitative estimate of drug-likeness (QED) is 0.432. The van der Waals surface area contributed by atoms with Gasteiger partial charge in [-0.1, -0.05) is 24.3 Å². The summed E-state index contributed by atoms with van der Waals surface area (Å²) in [4.78, 5) is 22.5. The number of para-hydroxylation sites is 1. The van der Waals surface area contributed by atoms with Gasteiger partial charge in [-0.25, -0.2) is 4.98 Å². The minimum atomic E-state index is 0.0210. The van der Waals surface area contributed by atoms with Crippen molar-refractivity contribution in [2.75, 3.05) is 26.1 Å². The van der Waals surface area contributed by atoms with Gasteiger partial charge in [0.15, 0.2) is 0 Å². The third kappa shape index (κ3) is 4.75. The minimum Gasteiger partial charge on any atom is -0.497 e.